The molecule has 1 heterocycles. The van der Waals surface area contributed by atoms with E-state index in [0.29, 0.717) is 12.8 Å². The number of sulfonamides is 1. The largest absolute Gasteiger partial charge is 0.502 e. The second-order valence-electron chi connectivity index (χ2n) is 4.54. The maximum Gasteiger partial charge on any atom is 0.312 e. The number of hydrogen-bond acceptors (Lipinski definition) is 6. The fraction of sp³-hybridized carbons (Fsp3) is 0.455. The quantitative estimate of drug-likeness (QED) is 0.617. The first-order chi connectivity index (χ1) is 9.32. The van der Waals surface area contributed by atoms with Crippen molar-refractivity contribution in [3.63, 3.8) is 0 Å². The van der Waals surface area contributed by atoms with Crippen LogP contribution in [0.3, 0.4) is 0 Å². The molecule has 0 saturated carbocycles. The molecular weight excluding hydrogens is 288 g/mol. The minimum absolute atomic E-state index is 0.165. The molecule has 8 nitrogen and oxygen atoms in total. The van der Waals surface area contributed by atoms with Crippen molar-refractivity contribution >= 4 is 15.7 Å². The van der Waals surface area contributed by atoms with E-state index in [4.69, 9.17) is 0 Å². The Labute approximate surface area is 115 Å². The van der Waals surface area contributed by atoms with Gasteiger partial charge in [0.15, 0.2) is 5.75 Å². The van der Waals surface area contributed by atoms with Crippen molar-refractivity contribution in [3.05, 3.63) is 28.3 Å². The van der Waals surface area contributed by atoms with Gasteiger partial charge in [0.1, 0.15) is 0 Å². The predicted octanol–water partition coefficient (Wildman–Crippen LogP) is 0.446. The van der Waals surface area contributed by atoms with Gasteiger partial charge in [-0.05, 0) is 25.0 Å². The maximum atomic E-state index is 12.3. The summed E-state index contributed by atoms with van der Waals surface area (Å²) in [6.07, 6.45) is 0.148. The highest BCUT2D eigenvalue weighted by atomic mass is 32.2. The third-order valence-corrected chi connectivity index (χ3v) is 5.10. The van der Waals surface area contributed by atoms with Crippen LogP contribution in [-0.2, 0) is 10.0 Å². The zero-order chi connectivity index (χ0) is 14.9. The van der Waals surface area contributed by atoms with E-state index in [1.165, 1.54) is 4.31 Å². The van der Waals surface area contributed by atoms with Crippen LogP contribution in [0.1, 0.15) is 12.8 Å². The van der Waals surface area contributed by atoms with E-state index in [0.717, 1.165) is 18.2 Å². The number of aliphatic hydroxyl groups excluding tert-OH is 1. The number of piperidine rings is 1. The van der Waals surface area contributed by atoms with Crippen LogP contribution in [0.5, 0.6) is 5.75 Å². The second kappa shape index (κ2) is 5.35. The van der Waals surface area contributed by atoms with Gasteiger partial charge in [-0.25, -0.2) is 8.42 Å². The number of nitrogens with zero attached hydrogens (tertiary/aromatic N) is 2. The van der Waals surface area contributed by atoms with Crippen LogP contribution >= 0.6 is 0 Å². The van der Waals surface area contributed by atoms with Crippen LogP contribution < -0.4 is 0 Å². The van der Waals surface area contributed by atoms with Gasteiger partial charge in [-0.15, -0.1) is 0 Å². The molecule has 20 heavy (non-hydrogen) atoms. The maximum absolute atomic E-state index is 12.3. The topological polar surface area (TPSA) is 121 Å². The number of hydrogen-bond donors (Lipinski definition) is 2. The van der Waals surface area contributed by atoms with Gasteiger partial charge in [-0.1, -0.05) is 0 Å². The Kier molecular flexibility index (Phi) is 3.93. The average molecular weight is 302 g/mol. The zero-order valence-corrected chi connectivity index (χ0v) is 11.3. The van der Waals surface area contributed by atoms with E-state index in [1.54, 1.807) is 0 Å². The van der Waals surface area contributed by atoms with Crippen molar-refractivity contribution in [2.24, 2.45) is 0 Å². The zero-order valence-electron chi connectivity index (χ0n) is 10.5. The van der Waals surface area contributed by atoms with Gasteiger partial charge in [0.05, 0.1) is 15.9 Å². The summed E-state index contributed by atoms with van der Waals surface area (Å²) in [5.41, 5.74) is -0.650. The monoisotopic (exact) mass is 302 g/mol. The highest BCUT2D eigenvalue weighted by molar-refractivity contribution is 7.89. The molecular formula is C11H14N2O6S. The third kappa shape index (κ3) is 2.74. The van der Waals surface area contributed by atoms with Crippen LogP contribution in [0.25, 0.3) is 0 Å². The molecule has 0 unspecified atom stereocenters. The molecule has 1 aliphatic rings. The Morgan fingerprint density at radius 2 is 1.90 bits per heavy atom. The summed E-state index contributed by atoms with van der Waals surface area (Å²) >= 11 is 0. The summed E-state index contributed by atoms with van der Waals surface area (Å²) in [6, 6.07) is 2.96. The van der Waals surface area contributed by atoms with Gasteiger partial charge in [-0.3, -0.25) is 10.1 Å². The molecule has 0 aliphatic carbocycles. The van der Waals surface area contributed by atoms with E-state index in [2.05, 4.69) is 0 Å². The Morgan fingerprint density at radius 3 is 2.45 bits per heavy atom. The lowest BCUT2D eigenvalue weighted by Crippen LogP contribution is -2.39. The van der Waals surface area contributed by atoms with E-state index in [1.807, 2.05) is 0 Å². The van der Waals surface area contributed by atoms with Crippen molar-refractivity contribution in [2.75, 3.05) is 13.1 Å². The summed E-state index contributed by atoms with van der Waals surface area (Å²) in [7, 11) is -3.85. The molecule has 2 rings (SSSR count). The highest BCUT2D eigenvalue weighted by Gasteiger charge is 2.30. The van der Waals surface area contributed by atoms with Crippen molar-refractivity contribution in [1.82, 2.24) is 4.31 Å². The molecule has 110 valence electrons. The fourth-order valence-electron chi connectivity index (χ4n) is 2.04. The molecule has 1 aromatic carbocycles. The first kappa shape index (κ1) is 14.7. The summed E-state index contributed by atoms with van der Waals surface area (Å²) < 4.78 is 25.8. The highest BCUT2D eigenvalue weighted by Crippen LogP contribution is 2.30. The van der Waals surface area contributed by atoms with Crippen molar-refractivity contribution in [1.29, 1.82) is 0 Å². The predicted molar refractivity (Wildman–Crippen MR) is 68.8 cm³/mol. The Bertz CT molecular complexity index is 622. The summed E-state index contributed by atoms with van der Waals surface area (Å²) in [4.78, 5) is 9.65. The normalized spacial score (nSPS) is 18.1. The Morgan fingerprint density at radius 1 is 1.30 bits per heavy atom. The number of phenolic OH excluding ortho intramolecular Hbond substituents is 1. The van der Waals surface area contributed by atoms with Crippen LogP contribution in [0.15, 0.2) is 23.1 Å². The van der Waals surface area contributed by atoms with Crippen LogP contribution in [-0.4, -0.2) is 47.1 Å². The lowest BCUT2D eigenvalue weighted by atomic mass is 10.1. The second-order valence-corrected chi connectivity index (χ2v) is 6.48. The summed E-state index contributed by atoms with van der Waals surface area (Å²) in [5, 5.41) is 29.4. The molecule has 1 aromatic rings. The number of rotatable bonds is 3. The van der Waals surface area contributed by atoms with Gasteiger partial charge < -0.3 is 10.2 Å². The van der Waals surface area contributed by atoms with Crippen molar-refractivity contribution < 1.29 is 23.6 Å². The van der Waals surface area contributed by atoms with Crippen LogP contribution in [0, 0.1) is 10.1 Å². The first-order valence-electron chi connectivity index (χ1n) is 5.98. The summed E-state index contributed by atoms with van der Waals surface area (Å²) in [6.45, 7) is 0.330. The number of aromatic hydroxyl groups is 1. The third-order valence-electron chi connectivity index (χ3n) is 3.20. The molecule has 0 bridgehead atoms. The summed E-state index contributed by atoms with van der Waals surface area (Å²) in [5.74, 6) is -0.581. The number of nitro groups is 1. The van der Waals surface area contributed by atoms with E-state index in [-0.39, 0.29) is 18.0 Å². The smallest absolute Gasteiger partial charge is 0.312 e. The molecule has 9 heteroatoms. The molecule has 0 radical (unpaired) electrons. The minimum Gasteiger partial charge on any atom is -0.502 e. The number of aliphatic hydroxyl groups is 1. The molecule has 0 amide bonds. The molecule has 0 atom stereocenters. The fourth-order valence-corrected chi connectivity index (χ4v) is 3.53. The average Bonchev–Trinajstić information content (AvgIpc) is 2.39. The Hall–Kier alpha value is -1.71. The van der Waals surface area contributed by atoms with Gasteiger partial charge in [0, 0.05) is 19.2 Å². The molecule has 1 saturated heterocycles. The van der Waals surface area contributed by atoms with Gasteiger partial charge in [0.2, 0.25) is 10.0 Å². The van der Waals surface area contributed by atoms with E-state index in [9.17, 15) is 28.7 Å². The number of phenols is 1. The van der Waals surface area contributed by atoms with Gasteiger partial charge >= 0.3 is 5.69 Å². The SMILES string of the molecule is O=[N+]([O-])c1cc(S(=O)(=O)N2CCC(O)CC2)ccc1O. The molecule has 1 fully saturated rings. The van der Waals surface area contributed by atoms with E-state index >= 15 is 0 Å². The molecule has 2 N–H and O–H groups in total. The lowest BCUT2D eigenvalue weighted by molar-refractivity contribution is -0.386. The molecule has 1 aliphatic heterocycles. The van der Waals surface area contributed by atoms with Gasteiger partial charge in [0.25, 0.3) is 0 Å². The number of nitro benzene ring substituents is 1. The minimum atomic E-state index is -3.85. The molecule has 0 spiro atoms. The Balaban J connectivity index is 2.35. The molecule has 0 aromatic heterocycles. The lowest BCUT2D eigenvalue weighted by Gasteiger charge is -2.28. The van der Waals surface area contributed by atoms with Crippen LogP contribution in [0.2, 0.25) is 0 Å². The van der Waals surface area contributed by atoms with Crippen LogP contribution in [0.4, 0.5) is 5.69 Å². The standard InChI is InChI=1S/C11H14N2O6S/c14-8-3-5-12(6-4-8)20(18,19)9-1-2-11(15)10(7-9)13(16)17/h1-2,7-8,14-15H,3-6H2. The van der Waals surface area contributed by atoms with Crippen molar-refractivity contribution in [2.45, 2.75) is 23.8 Å². The van der Waals surface area contributed by atoms with E-state index < -0.39 is 32.5 Å². The van der Waals surface area contributed by atoms with Gasteiger partial charge in [-0.2, -0.15) is 4.31 Å². The first-order valence-corrected chi connectivity index (χ1v) is 7.42. The van der Waals surface area contributed by atoms with Crippen molar-refractivity contribution in [3.8, 4) is 5.75 Å². The number of benzene rings is 1.